The molecule has 27 heavy (non-hydrogen) atoms. The number of rotatable bonds is 5. The number of nitrogens with two attached hydrogens (primary N) is 1. The number of carbonyl (C=O) groups excluding carboxylic acids is 1. The Labute approximate surface area is 161 Å². The summed E-state index contributed by atoms with van der Waals surface area (Å²) in [6.45, 7) is 0. The fourth-order valence-corrected chi connectivity index (χ4v) is 3.87. The molecule has 1 aliphatic heterocycles. The zero-order chi connectivity index (χ0) is 19.9. The quantitative estimate of drug-likeness (QED) is 0.507. The van der Waals surface area contributed by atoms with Gasteiger partial charge in [-0.25, -0.2) is 0 Å². The highest BCUT2D eigenvalue weighted by Gasteiger charge is 2.50. The lowest BCUT2D eigenvalue weighted by Gasteiger charge is -2.25. The van der Waals surface area contributed by atoms with E-state index in [0.29, 0.717) is 11.1 Å². The van der Waals surface area contributed by atoms with Gasteiger partial charge in [0.05, 0.1) is 4.55 Å². The van der Waals surface area contributed by atoms with Gasteiger partial charge in [-0.2, -0.15) is 8.42 Å². The number of carbonyl (C=O) groups is 1. The molecule has 1 atom stereocenters. The molecular formula is C17H18B3NO5S. The van der Waals surface area contributed by atoms with Crippen LogP contribution < -0.4 is 5.73 Å². The lowest BCUT2D eigenvalue weighted by atomic mass is 9.65. The van der Waals surface area contributed by atoms with Gasteiger partial charge in [-0.05, 0) is 11.1 Å². The summed E-state index contributed by atoms with van der Waals surface area (Å²) in [7, 11) is 0.308. The van der Waals surface area contributed by atoms with Gasteiger partial charge in [-0.15, -0.1) is 0 Å². The first-order valence-corrected chi connectivity index (χ1v) is 9.79. The molecule has 0 saturated heterocycles. The van der Waals surface area contributed by atoms with Crippen LogP contribution in [0, 0.1) is 0 Å². The molecule has 0 aliphatic carbocycles. The SMILES string of the molecule is BC1(c2ccccc2)OC(N)=C(OS(=O)(=O)C(B)(B)c2ccccc2)C1=O. The number of hydrogen-bond donors (Lipinski definition) is 1. The van der Waals surface area contributed by atoms with Crippen molar-refractivity contribution < 1.29 is 22.1 Å². The Balaban J connectivity index is 1.94. The first kappa shape index (κ1) is 19.2. The third kappa shape index (κ3) is 3.14. The first-order chi connectivity index (χ1) is 12.6. The molecular weight excluding hydrogens is 363 g/mol. The van der Waals surface area contributed by atoms with Gasteiger partial charge < -0.3 is 14.7 Å². The van der Waals surface area contributed by atoms with Crippen molar-refractivity contribution in [2.45, 2.75) is 10.0 Å². The van der Waals surface area contributed by atoms with Crippen LogP contribution in [0.1, 0.15) is 11.1 Å². The van der Waals surface area contributed by atoms with Gasteiger partial charge >= 0.3 is 10.1 Å². The first-order valence-electron chi connectivity index (χ1n) is 8.38. The molecule has 0 radical (unpaired) electrons. The fourth-order valence-electron chi connectivity index (χ4n) is 2.86. The third-order valence-electron chi connectivity index (χ3n) is 4.79. The summed E-state index contributed by atoms with van der Waals surface area (Å²) in [4.78, 5) is 12.9. The lowest BCUT2D eigenvalue weighted by molar-refractivity contribution is -0.126. The van der Waals surface area contributed by atoms with Crippen molar-refractivity contribution >= 4 is 39.4 Å². The molecule has 136 valence electrons. The molecule has 0 fully saturated rings. The summed E-state index contributed by atoms with van der Waals surface area (Å²) in [5, 5.41) is 0. The second kappa shape index (κ2) is 6.53. The summed E-state index contributed by atoms with van der Waals surface area (Å²) >= 11 is 0. The van der Waals surface area contributed by atoms with E-state index < -0.39 is 31.7 Å². The van der Waals surface area contributed by atoms with Gasteiger partial charge in [0, 0.05) is 0 Å². The predicted molar refractivity (Wildman–Crippen MR) is 109 cm³/mol. The molecule has 2 aromatic rings. The zero-order valence-corrected chi connectivity index (χ0v) is 16.1. The van der Waals surface area contributed by atoms with Crippen LogP contribution in [0.4, 0.5) is 0 Å². The Morgan fingerprint density at radius 1 is 1.00 bits per heavy atom. The smallest absolute Gasteiger partial charge is 0.304 e. The molecule has 0 saturated carbocycles. The number of ketones is 1. The van der Waals surface area contributed by atoms with E-state index in [1.165, 1.54) is 23.5 Å². The van der Waals surface area contributed by atoms with Gasteiger partial charge in [0.1, 0.15) is 15.7 Å². The number of benzene rings is 2. The third-order valence-corrected chi connectivity index (χ3v) is 6.66. The van der Waals surface area contributed by atoms with E-state index in [1.54, 1.807) is 60.7 Å². The van der Waals surface area contributed by atoms with E-state index in [-0.39, 0.29) is 5.88 Å². The zero-order valence-electron chi connectivity index (χ0n) is 15.3. The topological polar surface area (TPSA) is 95.7 Å². The van der Waals surface area contributed by atoms with Gasteiger partial charge in [-0.3, -0.25) is 4.79 Å². The second-order valence-corrected chi connectivity index (χ2v) is 9.03. The van der Waals surface area contributed by atoms with Crippen molar-refractivity contribution in [3.05, 3.63) is 83.4 Å². The molecule has 0 amide bonds. The van der Waals surface area contributed by atoms with Crippen molar-refractivity contribution in [2.75, 3.05) is 0 Å². The van der Waals surface area contributed by atoms with Gasteiger partial charge in [0.2, 0.25) is 17.4 Å². The van der Waals surface area contributed by atoms with Crippen molar-refractivity contribution in [1.82, 2.24) is 0 Å². The predicted octanol–water partition coefficient (Wildman–Crippen LogP) is -1.38. The molecule has 6 nitrogen and oxygen atoms in total. The van der Waals surface area contributed by atoms with Crippen molar-refractivity contribution in [3.63, 3.8) is 0 Å². The lowest BCUT2D eigenvalue weighted by Crippen LogP contribution is -2.40. The van der Waals surface area contributed by atoms with E-state index in [4.69, 9.17) is 14.7 Å². The van der Waals surface area contributed by atoms with Crippen molar-refractivity contribution in [2.24, 2.45) is 5.73 Å². The summed E-state index contributed by atoms with van der Waals surface area (Å²) < 4.78 is 35.2. The minimum Gasteiger partial charge on any atom is -0.467 e. The van der Waals surface area contributed by atoms with Gasteiger partial charge in [0.25, 0.3) is 0 Å². The highest BCUT2D eigenvalue weighted by Crippen LogP contribution is 2.37. The van der Waals surface area contributed by atoms with Gasteiger partial charge in [0.15, 0.2) is 13.3 Å². The number of Topliss-reactive ketones (excluding diaryl/α,β-unsaturated/α-hetero) is 1. The Hall–Kier alpha value is -2.61. The number of hydrogen-bond acceptors (Lipinski definition) is 6. The highest BCUT2D eigenvalue weighted by molar-refractivity contribution is 7.90. The molecule has 1 aliphatic rings. The van der Waals surface area contributed by atoms with Crippen LogP contribution in [-0.2, 0) is 33.9 Å². The maximum atomic E-state index is 12.9. The second-order valence-electron chi connectivity index (χ2n) is 6.94. The Morgan fingerprint density at radius 2 is 1.52 bits per heavy atom. The maximum absolute atomic E-state index is 12.9. The molecule has 10 heteroatoms. The molecule has 2 aromatic carbocycles. The van der Waals surface area contributed by atoms with Crippen LogP contribution in [0.3, 0.4) is 0 Å². The Bertz CT molecular complexity index is 1010. The van der Waals surface area contributed by atoms with E-state index in [9.17, 15) is 13.2 Å². The molecule has 0 aromatic heterocycles. The van der Waals surface area contributed by atoms with Crippen LogP contribution in [0.15, 0.2) is 72.3 Å². The minimum atomic E-state index is -4.23. The normalized spacial score (nSPS) is 20.4. The maximum Gasteiger partial charge on any atom is 0.304 e. The monoisotopic (exact) mass is 381 g/mol. The average Bonchev–Trinajstić information content (AvgIpc) is 2.87. The Kier molecular flexibility index (Phi) is 4.63. The van der Waals surface area contributed by atoms with Crippen molar-refractivity contribution in [3.8, 4) is 0 Å². The largest absolute Gasteiger partial charge is 0.467 e. The molecule has 0 spiro atoms. The van der Waals surface area contributed by atoms with Crippen molar-refractivity contribution in [1.29, 1.82) is 0 Å². The fraction of sp³-hybridized carbons (Fsp3) is 0.118. The summed E-state index contributed by atoms with van der Waals surface area (Å²) in [5.74, 6) is -1.48. The highest BCUT2D eigenvalue weighted by atomic mass is 32.2. The van der Waals surface area contributed by atoms with Gasteiger partial charge in [-0.1, -0.05) is 60.7 Å². The van der Waals surface area contributed by atoms with Crippen LogP contribution in [0.5, 0.6) is 0 Å². The average molecular weight is 381 g/mol. The van der Waals surface area contributed by atoms with E-state index in [0.717, 1.165) is 0 Å². The minimum absolute atomic E-state index is 0.348. The summed E-state index contributed by atoms with van der Waals surface area (Å²) in [6.07, 6.45) is 0. The van der Waals surface area contributed by atoms with E-state index in [1.807, 2.05) is 0 Å². The standard InChI is InChI=1S/C17H18B3NO5S/c18-16(11-7-3-1-4-8-11)14(22)13(15(21)25-16)26-27(23,24)17(19,20)12-9-5-2-6-10-12/h1-10H,18-21H2. The van der Waals surface area contributed by atoms with Crippen LogP contribution in [0.2, 0.25) is 0 Å². The Morgan fingerprint density at radius 3 is 2.07 bits per heavy atom. The number of ether oxygens (including phenoxy) is 1. The van der Waals surface area contributed by atoms with Crippen LogP contribution >= 0.6 is 0 Å². The summed E-state index contributed by atoms with van der Waals surface area (Å²) in [6, 6.07) is 17.3. The molecule has 3 rings (SSSR count). The van der Waals surface area contributed by atoms with E-state index in [2.05, 4.69) is 0 Å². The molecule has 2 N–H and O–H groups in total. The summed E-state index contributed by atoms with van der Waals surface area (Å²) in [5.41, 5.74) is 5.46. The van der Waals surface area contributed by atoms with E-state index >= 15 is 0 Å². The molecule has 1 heterocycles. The van der Waals surface area contributed by atoms with Crippen LogP contribution in [-0.4, -0.2) is 37.7 Å². The molecule has 0 bridgehead atoms. The van der Waals surface area contributed by atoms with Crippen LogP contribution in [0.25, 0.3) is 0 Å². The molecule has 1 unspecified atom stereocenters.